The summed E-state index contributed by atoms with van der Waals surface area (Å²) in [6.07, 6.45) is 1.38. The van der Waals surface area contributed by atoms with Crippen LogP contribution in [0.4, 0.5) is 5.69 Å². The highest BCUT2D eigenvalue weighted by atomic mass is 127. The van der Waals surface area contributed by atoms with Crippen molar-refractivity contribution in [2.75, 3.05) is 38.7 Å². The first-order valence-corrected chi connectivity index (χ1v) is 8.46. The van der Waals surface area contributed by atoms with E-state index in [1.807, 2.05) is 0 Å². The van der Waals surface area contributed by atoms with Gasteiger partial charge in [0.05, 0.1) is 13.5 Å². The Bertz CT molecular complexity index is 554. The lowest BCUT2D eigenvalue weighted by Gasteiger charge is -2.20. The van der Waals surface area contributed by atoms with Gasteiger partial charge >= 0.3 is 5.97 Å². The first kappa shape index (κ1) is 21.0. The van der Waals surface area contributed by atoms with Crippen molar-refractivity contribution in [2.24, 2.45) is 4.99 Å². The Morgan fingerprint density at radius 1 is 1.42 bits per heavy atom. The molecule has 1 aliphatic rings. The number of anilines is 1. The number of rotatable bonds is 5. The maximum absolute atomic E-state index is 11.1. The van der Waals surface area contributed by atoms with Crippen molar-refractivity contribution >= 4 is 57.5 Å². The quantitative estimate of drug-likeness (QED) is 0.275. The van der Waals surface area contributed by atoms with Crippen LogP contribution in [0.1, 0.15) is 12.8 Å². The smallest absolute Gasteiger partial charge is 0.307 e. The first-order chi connectivity index (χ1) is 11.1. The summed E-state index contributed by atoms with van der Waals surface area (Å²) in [6.45, 7) is 2.45. The molecule has 1 unspecified atom stereocenters. The molecule has 1 aromatic rings. The predicted molar refractivity (Wildman–Crippen MR) is 111 cm³/mol. The van der Waals surface area contributed by atoms with E-state index in [1.54, 1.807) is 7.05 Å². The van der Waals surface area contributed by atoms with Crippen LogP contribution in [0.15, 0.2) is 33.7 Å². The fraction of sp³-hybridized carbons (Fsp3) is 0.500. The number of benzene rings is 1. The van der Waals surface area contributed by atoms with Crippen molar-refractivity contribution in [2.45, 2.75) is 18.9 Å². The Morgan fingerprint density at radius 2 is 2.12 bits per heavy atom. The van der Waals surface area contributed by atoms with Crippen molar-refractivity contribution in [3.63, 3.8) is 0 Å². The third-order valence-corrected chi connectivity index (χ3v) is 4.32. The van der Waals surface area contributed by atoms with Crippen molar-refractivity contribution < 1.29 is 9.53 Å². The summed E-state index contributed by atoms with van der Waals surface area (Å²) in [7, 11) is 3.12. The number of guanidine groups is 1. The predicted octanol–water partition coefficient (Wildman–Crippen LogP) is 2.37. The van der Waals surface area contributed by atoms with Crippen LogP contribution in [-0.4, -0.2) is 51.8 Å². The zero-order chi connectivity index (χ0) is 16.7. The molecule has 1 aromatic carbocycles. The number of hydrogen-bond donors (Lipinski definition) is 2. The second-order valence-electron chi connectivity index (χ2n) is 5.38. The van der Waals surface area contributed by atoms with Crippen LogP contribution in [0.5, 0.6) is 0 Å². The number of aliphatic imine (C=N–C) groups is 1. The molecule has 0 saturated carbocycles. The van der Waals surface area contributed by atoms with Gasteiger partial charge in [-0.2, -0.15) is 0 Å². The molecular weight excluding hydrogens is 487 g/mol. The molecule has 6 nitrogen and oxygen atoms in total. The van der Waals surface area contributed by atoms with Crippen LogP contribution in [0, 0.1) is 0 Å². The fourth-order valence-corrected chi connectivity index (χ4v) is 2.80. The summed E-state index contributed by atoms with van der Waals surface area (Å²) in [5, 5.41) is 6.54. The third-order valence-electron chi connectivity index (χ3n) is 3.79. The Hall–Kier alpha value is -1.03. The molecule has 8 heteroatoms. The second-order valence-corrected chi connectivity index (χ2v) is 6.29. The minimum absolute atomic E-state index is 0. The van der Waals surface area contributed by atoms with Gasteiger partial charge in [0.1, 0.15) is 0 Å². The van der Waals surface area contributed by atoms with Gasteiger partial charge in [-0.15, -0.1) is 24.0 Å². The van der Waals surface area contributed by atoms with Gasteiger partial charge in [0, 0.05) is 42.9 Å². The maximum atomic E-state index is 11.1. The fourth-order valence-electron chi connectivity index (χ4n) is 2.54. The SMILES string of the molecule is CN=C(NCCC(=O)OC)NC1CCN(c2ccc(Br)cc2)C1.I. The molecule has 24 heavy (non-hydrogen) atoms. The minimum Gasteiger partial charge on any atom is -0.469 e. The molecule has 1 aliphatic heterocycles. The molecule has 2 rings (SSSR count). The third kappa shape index (κ3) is 6.46. The van der Waals surface area contributed by atoms with Crippen LogP contribution >= 0.6 is 39.9 Å². The molecule has 2 N–H and O–H groups in total. The number of ether oxygens (including phenoxy) is 1. The summed E-state index contributed by atoms with van der Waals surface area (Å²) in [5.41, 5.74) is 1.23. The molecule has 0 bridgehead atoms. The highest BCUT2D eigenvalue weighted by Crippen LogP contribution is 2.22. The molecule has 1 saturated heterocycles. The molecule has 1 heterocycles. The highest BCUT2D eigenvalue weighted by Gasteiger charge is 2.23. The molecular formula is C16H24BrIN4O2. The number of nitrogens with one attached hydrogen (secondary N) is 2. The molecule has 0 radical (unpaired) electrons. The van der Waals surface area contributed by atoms with E-state index in [0.29, 0.717) is 19.0 Å². The molecule has 0 aliphatic carbocycles. The molecule has 0 amide bonds. The van der Waals surface area contributed by atoms with E-state index in [2.05, 4.69) is 65.5 Å². The molecule has 1 atom stereocenters. The van der Waals surface area contributed by atoms with Gasteiger partial charge in [0.15, 0.2) is 5.96 Å². The standard InChI is InChI=1S/C16H23BrN4O2.HI/c1-18-16(19-9-7-15(22)23-2)20-13-8-10-21(11-13)14-5-3-12(17)4-6-14;/h3-6,13H,7-11H2,1-2H3,(H2,18,19,20);1H. The summed E-state index contributed by atoms with van der Waals surface area (Å²) in [6, 6.07) is 8.70. The van der Waals surface area contributed by atoms with Crippen molar-refractivity contribution in [1.82, 2.24) is 10.6 Å². The minimum atomic E-state index is -0.227. The molecule has 0 spiro atoms. The first-order valence-electron chi connectivity index (χ1n) is 7.67. The summed E-state index contributed by atoms with van der Waals surface area (Å²) >= 11 is 3.46. The molecule has 134 valence electrons. The van der Waals surface area contributed by atoms with Crippen LogP contribution in [0.2, 0.25) is 0 Å². The number of hydrogen-bond acceptors (Lipinski definition) is 4. The largest absolute Gasteiger partial charge is 0.469 e. The number of halogens is 2. The van der Waals surface area contributed by atoms with Crippen molar-refractivity contribution in [3.8, 4) is 0 Å². The number of esters is 1. The van der Waals surface area contributed by atoms with Crippen molar-refractivity contribution in [3.05, 3.63) is 28.7 Å². The van der Waals surface area contributed by atoms with Gasteiger partial charge in [-0.3, -0.25) is 9.79 Å². The van der Waals surface area contributed by atoms with E-state index >= 15 is 0 Å². The van der Waals surface area contributed by atoms with E-state index in [4.69, 9.17) is 0 Å². The van der Waals surface area contributed by atoms with Crippen LogP contribution in [0.25, 0.3) is 0 Å². The van der Waals surface area contributed by atoms with Gasteiger partial charge in [-0.05, 0) is 30.7 Å². The monoisotopic (exact) mass is 510 g/mol. The van der Waals surface area contributed by atoms with Gasteiger partial charge in [-0.1, -0.05) is 15.9 Å². The van der Waals surface area contributed by atoms with E-state index in [0.717, 1.165) is 29.9 Å². The molecule has 0 aromatic heterocycles. The maximum Gasteiger partial charge on any atom is 0.307 e. The Balaban J connectivity index is 0.00000288. The lowest BCUT2D eigenvalue weighted by molar-refractivity contribution is -0.140. The van der Waals surface area contributed by atoms with Crippen LogP contribution in [-0.2, 0) is 9.53 Å². The lowest BCUT2D eigenvalue weighted by atomic mass is 10.2. The van der Waals surface area contributed by atoms with Gasteiger partial charge < -0.3 is 20.3 Å². The lowest BCUT2D eigenvalue weighted by Crippen LogP contribution is -2.45. The van der Waals surface area contributed by atoms with E-state index in [9.17, 15) is 4.79 Å². The summed E-state index contributed by atoms with van der Waals surface area (Å²) in [4.78, 5) is 17.7. The summed E-state index contributed by atoms with van der Waals surface area (Å²) < 4.78 is 5.71. The second kappa shape index (κ2) is 10.8. The summed E-state index contributed by atoms with van der Waals surface area (Å²) in [5.74, 6) is 0.492. The Morgan fingerprint density at radius 3 is 2.75 bits per heavy atom. The zero-order valence-electron chi connectivity index (χ0n) is 13.9. The normalized spacial score (nSPS) is 17.2. The van der Waals surface area contributed by atoms with Gasteiger partial charge in [0.25, 0.3) is 0 Å². The Labute approximate surface area is 168 Å². The number of carbonyl (C=O) groups is 1. The topological polar surface area (TPSA) is 66.0 Å². The number of carbonyl (C=O) groups excluding carboxylic acids is 1. The number of methoxy groups -OCH3 is 1. The Kier molecular flexibility index (Phi) is 9.42. The average Bonchev–Trinajstić information content (AvgIpc) is 3.02. The zero-order valence-corrected chi connectivity index (χ0v) is 17.8. The average molecular weight is 511 g/mol. The van der Waals surface area contributed by atoms with E-state index in [1.165, 1.54) is 12.8 Å². The van der Waals surface area contributed by atoms with Gasteiger partial charge in [-0.25, -0.2) is 0 Å². The molecule has 1 fully saturated rings. The van der Waals surface area contributed by atoms with E-state index < -0.39 is 0 Å². The highest BCUT2D eigenvalue weighted by molar-refractivity contribution is 14.0. The number of nitrogens with zero attached hydrogens (tertiary/aromatic N) is 2. The van der Waals surface area contributed by atoms with Gasteiger partial charge in [0.2, 0.25) is 0 Å². The van der Waals surface area contributed by atoms with Crippen LogP contribution in [0.3, 0.4) is 0 Å². The van der Waals surface area contributed by atoms with Crippen LogP contribution < -0.4 is 15.5 Å². The van der Waals surface area contributed by atoms with Crippen molar-refractivity contribution in [1.29, 1.82) is 0 Å². The van der Waals surface area contributed by atoms with E-state index in [-0.39, 0.29) is 29.9 Å².